The number of aromatic nitrogens is 2. The van der Waals surface area contributed by atoms with Crippen molar-refractivity contribution in [3.63, 3.8) is 0 Å². The highest BCUT2D eigenvalue weighted by molar-refractivity contribution is 5.95. The summed E-state index contributed by atoms with van der Waals surface area (Å²) in [5, 5.41) is 6.10. The van der Waals surface area contributed by atoms with Crippen LogP contribution in [0.1, 0.15) is 42.0 Å². The van der Waals surface area contributed by atoms with Crippen molar-refractivity contribution in [3.8, 4) is 0 Å². The summed E-state index contributed by atoms with van der Waals surface area (Å²) < 4.78 is 0. The van der Waals surface area contributed by atoms with E-state index in [1.807, 2.05) is 45.9 Å². The Labute approximate surface area is 131 Å². The van der Waals surface area contributed by atoms with Gasteiger partial charge in [-0.25, -0.2) is 9.97 Å². The molecule has 1 amide bonds. The van der Waals surface area contributed by atoms with Crippen LogP contribution in [-0.4, -0.2) is 21.9 Å². The number of nitrogens with zero attached hydrogens (tertiary/aromatic N) is 2. The van der Waals surface area contributed by atoms with Crippen LogP contribution in [0.4, 0.5) is 11.6 Å². The predicted molar refractivity (Wildman–Crippen MR) is 88.4 cm³/mol. The minimum absolute atomic E-state index is 0.0701. The fraction of sp³-hybridized carbons (Fsp3) is 0.353. The summed E-state index contributed by atoms with van der Waals surface area (Å²) in [6.07, 6.45) is 0.903. The van der Waals surface area contributed by atoms with Gasteiger partial charge < -0.3 is 10.6 Å². The van der Waals surface area contributed by atoms with Crippen LogP contribution in [0.15, 0.2) is 30.3 Å². The summed E-state index contributed by atoms with van der Waals surface area (Å²) >= 11 is 0. The third-order valence-electron chi connectivity index (χ3n) is 3.35. The highest BCUT2D eigenvalue weighted by Crippen LogP contribution is 2.16. The molecular weight excluding hydrogens is 276 g/mol. The number of rotatable bonds is 5. The third-order valence-corrected chi connectivity index (χ3v) is 3.35. The molecule has 0 aliphatic carbocycles. The predicted octanol–water partition coefficient (Wildman–Crippen LogP) is 3.37. The lowest BCUT2D eigenvalue weighted by Crippen LogP contribution is -2.31. The minimum Gasteiger partial charge on any atom is -0.350 e. The van der Waals surface area contributed by atoms with Crippen LogP contribution in [0, 0.1) is 13.8 Å². The van der Waals surface area contributed by atoms with Crippen molar-refractivity contribution in [2.45, 2.75) is 40.2 Å². The molecule has 1 atom stereocenters. The van der Waals surface area contributed by atoms with E-state index in [1.54, 1.807) is 12.1 Å². The number of carbonyl (C=O) groups excluding carboxylic acids is 1. The van der Waals surface area contributed by atoms with E-state index in [0.29, 0.717) is 11.5 Å². The molecule has 2 aromatic rings. The van der Waals surface area contributed by atoms with E-state index < -0.39 is 0 Å². The Morgan fingerprint density at radius 2 is 1.86 bits per heavy atom. The van der Waals surface area contributed by atoms with E-state index in [9.17, 15) is 4.79 Å². The number of amides is 1. The highest BCUT2D eigenvalue weighted by Gasteiger charge is 2.09. The SMILES string of the molecule is CC[C@@H](C)NC(=O)c1cccc(Nc2nc(C)cc(C)n2)c1. The smallest absolute Gasteiger partial charge is 0.251 e. The van der Waals surface area contributed by atoms with Crippen molar-refractivity contribution in [2.75, 3.05) is 5.32 Å². The van der Waals surface area contributed by atoms with Crippen LogP contribution in [0.25, 0.3) is 0 Å². The number of nitrogens with one attached hydrogen (secondary N) is 2. The fourth-order valence-electron chi connectivity index (χ4n) is 2.06. The van der Waals surface area contributed by atoms with Gasteiger partial charge in [0.1, 0.15) is 0 Å². The summed E-state index contributed by atoms with van der Waals surface area (Å²) in [4.78, 5) is 20.8. The molecule has 0 bridgehead atoms. The largest absolute Gasteiger partial charge is 0.350 e. The van der Waals surface area contributed by atoms with E-state index in [2.05, 4.69) is 20.6 Å². The van der Waals surface area contributed by atoms with E-state index in [-0.39, 0.29) is 11.9 Å². The number of aryl methyl sites for hydroxylation is 2. The Balaban J connectivity index is 2.16. The Bertz CT molecular complexity index is 649. The number of benzene rings is 1. The van der Waals surface area contributed by atoms with Gasteiger partial charge in [-0.1, -0.05) is 13.0 Å². The molecule has 5 heteroatoms. The fourth-order valence-corrected chi connectivity index (χ4v) is 2.06. The Kier molecular flexibility index (Phi) is 5.09. The van der Waals surface area contributed by atoms with Gasteiger partial charge in [-0.2, -0.15) is 0 Å². The lowest BCUT2D eigenvalue weighted by molar-refractivity contribution is 0.0939. The second-order valence-electron chi connectivity index (χ2n) is 5.46. The van der Waals surface area contributed by atoms with Crippen LogP contribution >= 0.6 is 0 Å². The molecule has 1 heterocycles. The molecule has 0 saturated heterocycles. The van der Waals surface area contributed by atoms with E-state index in [1.165, 1.54) is 0 Å². The summed E-state index contributed by atoms with van der Waals surface area (Å²) in [5.74, 6) is 0.469. The molecule has 22 heavy (non-hydrogen) atoms. The van der Waals surface area contributed by atoms with Crippen LogP contribution in [0.5, 0.6) is 0 Å². The lowest BCUT2D eigenvalue weighted by atomic mass is 10.1. The summed E-state index contributed by atoms with van der Waals surface area (Å²) in [6.45, 7) is 7.88. The molecule has 1 aromatic carbocycles. The topological polar surface area (TPSA) is 66.9 Å². The molecule has 0 fully saturated rings. The first-order valence-electron chi connectivity index (χ1n) is 7.48. The standard InChI is InChI=1S/C17H22N4O/c1-5-11(2)18-16(22)14-7-6-8-15(10-14)21-17-19-12(3)9-13(4)20-17/h6-11H,5H2,1-4H3,(H,18,22)(H,19,20,21)/t11-/m1/s1. The minimum atomic E-state index is -0.0701. The highest BCUT2D eigenvalue weighted by atomic mass is 16.1. The van der Waals surface area contributed by atoms with Crippen LogP contribution in [0.3, 0.4) is 0 Å². The zero-order chi connectivity index (χ0) is 16.1. The van der Waals surface area contributed by atoms with Crippen molar-refractivity contribution in [3.05, 3.63) is 47.3 Å². The second-order valence-corrected chi connectivity index (χ2v) is 5.46. The van der Waals surface area contributed by atoms with Gasteiger partial charge in [0.2, 0.25) is 5.95 Å². The summed E-state index contributed by atoms with van der Waals surface area (Å²) in [5.41, 5.74) is 3.22. The molecule has 0 unspecified atom stereocenters. The van der Waals surface area contributed by atoms with Crippen LogP contribution in [0.2, 0.25) is 0 Å². The normalized spacial score (nSPS) is 11.8. The third kappa shape index (κ3) is 4.28. The lowest BCUT2D eigenvalue weighted by Gasteiger charge is -2.12. The van der Waals surface area contributed by atoms with Crippen LogP contribution < -0.4 is 10.6 Å². The zero-order valence-electron chi connectivity index (χ0n) is 13.5. The molecule has 0 radical (unpaired) electrons. The molecule has 0 aliphatic rings. The maximum absolute atomic E-state index is 12.2. The van der Waals surface area contributed by atoms with Gasteiger partial charge in [-0.05, 0) is 51.5 Å². The van der Waals surface area contributed by atoms with Gasteiger partial charge in [0, 0.05) is 28.7 Å². The maximum atomic E-state index is 12.2. The molecular formula is C17H22N4O. The van der Waals surface area contributed by atoms with Crippen molar-refractivity contribution in [1.82, 2.24) is 15.3 Å². The van der Waals surface area contributed by atoms with Gasteiger partial charge in [-0.3, -0.25) is 4.79 Å². The Hall–Kier alpha value is -2.43. The van der Waals surface area contributed by atoms with Crippen molar-refractivity contribution >= 4 is 17.5 Å². The number of hydrogen-bond acceptors (Lipinski definition) is 4. The molecule has 116 valence electrons. The number of anilines is 2. The Morgan fingerprint density at radius 3 is 2.50 bits per heavy atom. The maximum Gasteiger partial charge on any atom is 0.251 e. The van der Waals surface area contributed by atoms with Gasteiger partial charge >= 0.3 is 0 Å². The quantitative estimate of drug-likeness (QED) is 0.888. The Morgan fingerprint density at radius 1 is 1.18 bits per heavy atom. The van der Waals surface area contributed by atoms with Crippen molar-refractivity contribution in [1.29, 1.82) is 0 Å². The first kappa shape index (κ1) is 15.9. The van der Waals surface area contributed by atoms with E-state index >= 15 is 0 Å². The number of carbonyl (C=O) groups is 1. The number of hydrogen-bond donors (Lipinski definition) is 2. The van der Waals surface area contributed by atoms with Crippen LogP contribution in [-0.2, 0) is 0 Å². The van der Waals surface area contributed by atoms with E-state index in [4.69, 9.17) is 0 Å². The monoisotopic (exact) mass is 298 g/mol. The van der Waals surface area contributed by atoms with Gasteiger partial charge in [-0.15, -0.1) is 0 Å². The molecule has 0 aliphatic heterocycles. The first-order valence-corrected chi connectivity index (χ1v) is 7.48. The molecule has 5 nitrogen and oxygen atoms in total. The van der Waals surface area contributed by atoms with Crippen molar-refractivity contribution in [2.24, 2.45) is 0 Å². The summed E-state index contributed by atoms with van der Waals surface area (Å²) in [6, 6.07) is 9.41. The molecule has 0 spiro atoms. The van der Waals surface area contributed by atoms with Gasteiger partial charge in [0.25, 0.3) is 5.91 Å². The average Bonchev–Trinajstić information content (AvgIpc) is 2.46. The van der Waals surface area contributed by atoms with Gasteiger partial charge in [0.05, 0.1) is 0 Å². The van der Waals surface area contributed by atoms with Gasteiger partial charge in [0.15, 0.2) is 0 Å². The second kappa shape index (κ2) is 7.02. The molecule has 0 saturated carbocycles. The van der Waals surface area contributed by atoms with E-state index in [0.717, 1.165) is 23.5 Å². The average molecular weight is 298 g/mol. The molecule has 2 rings (SSSR count). The zero-order valence-corrected chi connectivity index (χ0v) is 13.5. The van der Waals surface area contributed by atoms with Crippen molar-refractivity contribution < 1.29 is 4.79 Å². The summed E-state index contributed by atoms with van der Waals surface area (Å²) in [7, 11) is 0. The molecule has 2 N–H and O–H groups in total. The first-order chi connectivity index (χ1) is 10.5. The molecule has 1 aromatic heterocycles.